The maximum absolute atomic E-state index is 11.4. The third-order valence-corrected chi connectivity index (χ3v) is 3.21. The Hall–Kier alpha value is -2.24. The number of rotatable bonds is 5. The topological polar surface area (TPSA) is 98.6 Å². The number of aliphatic imine (C=N–C) groups is 1. The van der Waals surface area contributed by atoms with Crippen molar-refractivity contribution >= 4 is 17.8 Å². The second-order valence-electron chi connectivity index (χ2n) is 4.77. The Bertz CT molecular complexity index is 508. The Morgan fingerprint density at radius 3 is 2.32 bits per heavy atom. The van der Waals surface area contributed by atoms with E-state index in [0.717, 1.165) is 0 Å². The van der Waals surface area contributed by atoms with Crippen LogP contribution in [0.3, 0.4) is 0 Å². The van der Waals surface area contributed by atoms with E-state index in [1.807, 2.05) is 13.8 Å². The van der Waals surface area contributed by atoms with Gasteiger partial charge in [-0.1, -0.05) is 13.8 Å². The molecular formula is C13H17N3O3. The largest absolute Gasteiger partial charge is 0.368 e. The second-order valence-corrected chi connectivity index (χ2v) is 4.77. The van der Waals surface area contributed by atoms with Gasteiger partial charge in [0.2, 0.25) is 5.91 Å². The highest BCUT2D eigenvalue weighted by Crippen LogP contribution is 2.21. The van der Waals surface area contributed by atoms with Gasteiger partial charge in [0.1, 0.15) is 5.54 Å². The Morgan fingerprint density at radius 2 is 1.95 bits per heavy atom. The van der Waals surface area contributed by atoms with Crippen molar-refractivity contribution in [2.24, 2.45) is 16.6 Å². The van der Waals surface area contributed by atoms with Gasteiger partial charge in [0.05, 0.1) is 4.92 Å². The van der Waals surface area contributed by atoms with Gasteiger partial charge < -0.3 is 5.73 Å². The lowest BCUT2D eigenvalue weighted by molar-refractivity contribution is -0.384. The molecule has 0 heterocycles. The summed E-state index contributed by atoms with van der Waals surface area (Å²) >= 11 is 0. The van der Waals surface area contributed by atoms with E-state index >= 15 is 0 Å². The van der Waals surface area contributed by atoms with E-state index in [1.54, 1.807) is 19.1 Å². The smallest absolute Gasteiger partial charge is 0.269 e. The molecule has 6 heteroatoms. The molecule has 0 saturated carbocycles. The number of nitrogens with zero attached hydrogens (tertiary/aromatic N) is 2. The Morgan fingerprint density at radius 1 is 1.42 bits per heavy atom. The van der Waals surface area contributed by atoms with Gasteiger partial charge in [0.15, 0.2) is 0 Å². The Labute approximate surface area is 111 Å². The highest BCUT2D eigenvalue weighted by atomic mass is 16.6. The molecule has 1 aromatic rings. The monoisotopic (exact) mass is 263 g/mol. The normalized spacial score (nSPS) is 14.5. The zero-order chi connectivity index (χ0) is 14.6. The summed E-state index contributed by atoms with van der Waals surface area (Å²) < 4.78 is 0. The van der Waals surface area contributed by atoms with E-state index in [0.29, 0.717) is 5.56 Å². The minimum Gasteiger partial charge on any atom is -0.368 e. The molecule has 0 unspecified atom stereocenters. The van der Waals surface area contributed by atoms with Crippen LogP contribution >= 0.6 is 0 Å². The molecule has 0 radical (unpaired) electrons. The number of nitro benzene ring substituents is 1. The van der Waals surface area contributed by atoms with Crippen LogP contribution in [-0.2, 0) is 4.79 Å². The zero-order valence-corrected chi connectivity index (χ0v) is 11.2. The second kappa shape index (κ2) is 5.60. The molecule has 0 aliphatic heterocycles. The molecule has 0 spiro atoms. The summed E-state index contributed by atoms with van der Waals surface area (Å²) in [6.45, 7) is 5.39. The number of hydrogen-bond donors (Lipinski definition) is 1. The van der Waals surface area contributed by atoms with E-state index in [-0.39, 0.29) is 11.6 Å². The van der Waals surface area contributed by atoms with Gasteiger partial charge >= 0.3 is 0 Å². The minimum atomic E-state index is -0.984. The van der Waals surface area contributed by atoms with Crippen LogP contribution in [0.5, 0.6) is 0 Å². The van der Waals surface area contributed by atoms with Crippen molar-refractivity contribution in [1.29, 1.82) is 0 Å². The SMILES string of the molecule is CC(C)[C@](C)(N=Cc1ccc([N+](=O)[O-])cc1)C(N)=O. The first-order valence-corrected chi connectivity index (χ1v) is 5.87. The first kappa shape index (κ1) is 14.8. The number of non-ortho nitro benzene ring substituents is 1. The summed E-state index contributed by atoms with van der Waals surface area (Å²) in [4.78, 5) is 25.7. The predicted molar refractivity (Wildman–Crippen MR) is 73.1 cm³/mol. The molecule has 1 aromatic carbocycles. The maximum Gasteiger partial charge on any atom is 0.269 e. The standard InChI is InChI=1S/C13H17N3O3/c1-9(2)13(3,12(14)17)15-8-10-4-6-11(7-5-10)16(18)19/h4-9H,1-3H3,(H2,14,17)/t13-/m0/s1. The average molecular weight is 263 g/mol. The van der Waals surface area contributed by atoms with Crippen LogP contribution in [0.2, 0.25) is 0 Å². The van der Waals surface area contributed by atoms with Crippen molar-refractivity contribution in [2.45, 2.75) is 26.3 Å². The van der Waals surface area contributed by atoms with Crippen molar-refractivity contribution in [3.63, 3.8) is 0 Å². The number of benzene rings is 1. The number of carbonyl (C=O) groups excluding carboxylic acids is 1. The molecule has 0 aliphatic rings. The number of amides is 1. The molecule has 0 fully saturated rings. The molecule has 0 saturated heterocycles. The van der Waals surface area contributed by atoms with Gasteiger partial charge in [-0.3, -0.25) is 19.9 Å². The lowest BCUT2D eigenvalue weighted by Crippen LogP contribution is -2.44. The molecule has 1 amide bonds. The van der Waals surface area contributed by atoms with E-state index in [9.17, 15) is 14.9 Å². The van der Waals surface area contributed by atoms with Crippen LogP contribution in [0.1, 0.15) is 26.3 Å². The van der Waals surface area contributed by atoms with Crippen LogP contribution in [-0.4, -0.2) is 22.6 Å². The highest BCUT2D eigenvalue weighted by molar-refractivity contribution is 5.89. The van der Waals surface area contributed by atoms with Gasteiger partial charge in [-0.15, -0.1) is 0 Å². The molecule has 2 N–H and O–H groups in total. The molecular weight excluding hydrogens is 246 g/mol. The number of carbonyl (C=O) groups is 1. The number of hydrogen-bond acceptors (Lipinski definition) is 4. The Kier molecular flexibility index (Phi) is 4.37. The third kappa shape index (κ3) is 3.37. The van der Waals surface area contributed by atoms with Crippen molar-refractivity contribution in [1.82, 2.24) is 0 Å². The zero-order valence-electron chi connectivity index (χ0n) is 11.2. The molecule has 19 heavy (non-hydrogen) atoms. The number of primary amides is 1. The van der Waals surface area contributed by atoms with Crippen LogP contribution in [0.25, 0.3) is 0 Å². The van der Waals surface area contributed by atoms with Gasteiger partial charge in [0.25, 0.3) is 5.69 Å². The molecule has 0 aliphatic carbocycles. The fraction of sp³-hybridized carbons (Fsp3) is 0.385. The van der Waals surface area contributed by atoms with Crippen molar-refractivity contribution < 1.29 is 9.72 Å². The van der Waals surface area contributed by atoms with Gasteiger partial charge in [0, 0.05) is 18.3 Å². The summed E-state index contributed by atoms with van der Waals surface area (Å²) in [7, 11) is 0. The fourth-order valence-corrected chi connectivity index (χ4v) is 1.39. The van der Waals surface area contributed by atoms with Gasteiger partial charge in [-0.2, -0.15) is 0 Å². The summed E-state index contributed by atoms with van der Waals surface area (Å²) in [5.74, 6) is -0.542. The molecule has 0 aromatic heterocycles. The third-order valence-electron chi connectivity index (χ3n) is 3.21. The maximum atomic E-state index is 11.4. The summed E-state index contributed by atoms with van der Waals surface area (Å²) in [5.41, 5.74) is 5.07. The summed E-state index contributed by atoms with van der Waals surface area (Å²) in [6.07, 6.45) is 1.51. The average Bonchev–Trinajstić information content (AvgIpc) is 2.35. The summed E-state index contributed by atoms with van der Waals surface area (Å²) in [5, 5.41) is 10.5. The lowest BCUT2D eigenvalue weighted by atomic mass is 9.88. The van der Waals surface area contributed by atoms with Crippen molar-refractivity contribution in [2.75, 3.05) is 0 Å². The van der Waals surface area contributed by atoms with E-state index in [1.165, 1.54) is 18.3 Å². The molecule has 1 rings (SSSR count). The predicted octanol–water partition coefficient (Wildman–Crippen LogP) is 1.91. The molecule has 0 bridgehead atoms. The molecule has 1 atom stereocenters. The van der Waals surface area contributed by atoms with E-state index in [2.05, 4.69) is 4.99 Å². The molecule has 102 valence electrons. The molecule has 6 nitrogen and oxygen atoms in total. The van der Waals surface area contributed by atoms with Crippen LogP contribution in [0.15, 0.2) is 29.3 Å². The van der Waals surface area contributed by atoms with Crippen molar-refractivity contribution in [3.8, 4) is 0 Å². The number of nitrogens with two attached hydrogens (primary N) is 1. The minimum absolute atomic E-state index is 0.0127. The summed E-state index contributed by atoms with van der Waals surface area (Å²) in [6, 6.07) is 5.92. The van der Waals surface area contributed by atoms with Gasteiger partial charge in [-0.25, -0.2) is 0 Å². The first-order valence-electron chi connectivity index (χ1n) is 5.87. The van der Waals surface area contributed by atoms with Crippen LogP contribution < -0.4 is 5.73 Å². The Balaban J connectivity index is 2.97. The number of nitro groups is 1. The quantitative estimate of drug-likeness (QED) is 0.499. The van der Waals surface area contributed by atoms with E-state index in [4.69, 9.17) is 5.73 Å². The fourth-order valence-electron chi connectivity index (χ4n) is 1.39. The van der Waals surface area contributed by atoms with Crippen LogP contribution in [0, 0.1) is 16.0 Å². The van der Waals surface area contributed by atoms with Gasteiger partial charge in [-0.05, 0) is 30.5 Å². The highest BCUT2D eigenvalue weighted by Gasteiger charge is 2.33. The first-order chi connectivity index (χ1) is 8.77. The van der Waals surface area contributed by atoms with Crippen molar-refractivity contribution in [3.05, 3.63) is 39.9 Å². The lowest BCUT2D eigenvalue weighted by Gasteiger charge is -2.25. The van der Waals surface area contributed by atoms with Crippen LogP contribution in [0.4, 0.5) is 5.69 Å². The van der Waals surface area contributed by atoms with E-state index < -0.39 is 16.4 Å².